The Hall–Kier alpha value is -2.20. The standard InChI is InChI=1S/C26H29NO2S/c1-17(22-14-19-11-12-20(22)13-19)27-26(28)25-23(21-9-5-6-10-24(21)29-25)16-30-15-18-7-3-2-4-8-18/h2-10,17,19-20,22H,11-16H2,1H3,(H,27,28). The number of hydrogen-bond donors (Lipinski definition) is 1. The minimum atomic E-state index is -0.0585. The molecule has 2 aliphatic rings. The second kappa shape index (κ2) is 8.50. The third-order valence-corrected chi connectivity index (χ3v) is 8.09. The SMILES string of the molecule is CC(NC(=O)c1oc2ccccc2c1CSCc1ccccc1)C1CC2CCC1C2. The number of furan rings is 1. The zero-order valence-electron chi connectivity index (χ0n) is 17.5. The largest absolute Gasteiger partial charge is 0.451 e. The Labute approximate surface area is 182 Å². The van der Waals surface area contributed by atoms with Gasteiger partial charge in [0.1, 0.15) is 5.58 Å². The third kappa shape index (κ3) is 3.90. The molecule has 1 amide bonds. The van der Waals surface area contributed by atoms with Crippen LogP contribution in [-0.4, -0.2) is 11.9 Å². The summed E-state index contributed by atoms with van der Waals surface area (Å²) in [6.07, 6.45) is 5.35. The molecule has 1 heterocycles. The molecule has 2 saturated carbocycles. The van der Waals surface area contributed by atoms with E-state index in [0.29, 0.717) is 11.7 Å². The quantitative estimate of drug-likeness (QED) is 0.480. The van der Waals surface area contributed by atoms with E-state index in [9.17, 15) is 4.79 Å². The molecular weight excluding hydrogens is 390 g/mol. The Morgan fingerprint density at radius 2 is 1.87 bits per heavy atom. The molecule has 0 saturated heterocycles. The van der Waals surface area contributed by atoms with Gasteiger partial charge in [0.05, 0.1) is 0 Å². The summed E-state index contributed by atoms with van der Waals surface area (Å²) in [5, 5.41) is 4.34. The van der Waals surface area contributed by atoms with Crippen LogP contribution >= 0.6 is 11.8 Å². The number of carbonyl (C=O) groups excluding carboxylic acids is 1. The van der Waals surface area contributed by atoms with Crippen LogP contribution in [0.3, 0.4) is 0 Å². The van der Waals surface area contributed by atoms with Gasteiger partial charge in [0, 0.05) is 28.5 Å². The molecule has 2 aliphatic carbocycles. The maximum Gasteiger partial charge on any atom is 0.287 e. The predicted molar refractivity (Wildman–Crippen MR) is 124 cm³/mol. The van der Waals surface area contributed by atoms with E-state index in [-0.39, 0.29) is 11.9 Å². The van der Waals surface area contributed by atoms with E-state index in [1.54, 1.807) is 0 Å². The Morgan fingerprint density at radius 3 is 2.63 bits per heavy atom. The lowest BCUT2D eigenvalue weighted by Gasteiger charge is -2.28. The monoisotopic (exact) mass is 419 g/mol. The van der Waals surface area contributed by atoms with E-state index in [1.807, 2.05) is 36.0 Å². The lowest BCUT2D eigenvalue weighted by Crippen LogP contribution is -2.40. The van der Waals surface area contributed by atoms with Crippen molar-refractivity contribution in [2.75, 3.05) is 0 Å². The molecule has 30 heavy (non-hydrogen) atoms. The number of rotatable bonds is 7. The highest BCUT2D eigenvalue weighted by atomic mass is 32.2. The van der Waals surface area contributed by atoms with E-state index >= 15 is 0 Å². The average Bonchev–Trinajstić information content (AvgIpc) is 3.49. The smallest absolute Gasteiger partial charge is 0.287 e. The topological polar surface area (TPSA) is 42.2 Å². The van der Waals surface area contributed by atoms with Gasteiger partial charge in [0.15, 0.2) is 5.76 Å². The van der Waals surface area contributed by atoms with Crippen LogP contribution in [0.15, 0.2) is 59.0 Å². The first-order valence-corrected chi connectivity index (χ1v) is 12.3. The van der Waals surface area contributed by atoms with E-state index in [4.69, 9.17) is 4.42 Å². The molecule has 0 spiro atoms. The average molecular weight is 420 g/mol. The molecule has 0 radical (unpaired) electrons. The fraction of sp³-hybridized carbons (Fsp3) is 0.423. The van der Waals surface area contributed by atoms with Crippen LogP contribution in [0.25, 0.3) is 11.0 Å². The maximum atomic E-state index is 13.2. The van der Waals surface area contributed by atoms with E-state index in [1.165, 1.54) is 31.2 Å². The van der Waals surface area contributed by atoms with Crippen molar-refractivity contribution >= 4 is 28.6 Å². The molecule has 4 heteroatoms. The molecule has 0 aliphatic heterocycles. The van der Waals surface area contributed by atoms with Gasteiger partial charge in [0.25, 0.3) is 5.91 Å². The van der Waals surface area contributed by atoms with Gasteiger partial charge in [0.2, 0.25) is 0 Å². The minimum absolute atomic E-state index is 0.0585. The van der Waals surface area contributed by atoms with E-state index < -0.39 is 0 Å². The van der Waals surface area contributed by atoms with E-state index in [0.717, 1.165) is 39.9 Å². The second-order valence-electron chi connectivity index (χ2n) is 8.99. The first kappa shape index (κ1) is 19.7. The summed E-state index contributed by atoms with van der Waals surface area (Å²) in [5.41, 5.74) is 3.11. The lowest BCUT2D eigenvalue weighted by atomic mass is 9.84. The molecule has 2 bridgehead atoms. The Bertz CT molecular complexity index is 1030. The highest BCUT2D eigenvalue weighted by Gasteiger charge is 2.42. The van der Waals surface area contributed by atoms with Gasteiger partial charge in [-0.3, -0.25) is 4.79 Å². The number of benzene rings is 2. The fourth-order valence-corrected chi connectivity index (χ4v) is 6.58. The van der Waals surface area contributed by atoms with Crippen molar-refractivity contribution in [1.29, 1.82) is 0 Å². The molecule has 3 nitrogen and oxygen atoms in total. The van der Waals surface area contributed by atoms with Crippen LogP contribution in [0, 0.1) is 17.8 Å². The van der Waals surface area contributed by atoms with Gasteiger partial charge >= 0.3 is 0 Å². The normalized spacial score (nSPS) is 23.7. The summed E-state index contributed by atoms with van der Waals surface area (Å²) in [6.45, 7) is 2.18. The summed E-state index contributed by atoms with van der Waals surface area (Å²) >= 11 is 1.82. The Kier molecular flexibility index (Phi) is 5.60. The van der Waals surface area contributed by atoms with Gasteiger partial charge < -0.3 is 9.73 Å². The van der Waals surface area contributed by atoms with Crippen LogP contribution in [0.1, 0.15) is 54.3 Å². The first-order valence-electron chi connectivity index (χ1n) is 11.1. The van der Waals surface area contributed by atoms with Gasteiger partial charge in [-0.05, 0) is 55.6 Å². The molecule has 4 unspecified atom stereocenters. The van der Waals surface area contributed by atoms with Crippen LogP contribution in [0.4, 0.5) is 0 Å². The van der Waals surface area contributed by atoms with Crippen LogP contribution in [-0.2, 0) is 11.5 Å². The van der Waals surface area contributed by atoms with Crippen LogP contribution in [0.5, 0.6) is 0 Å². The number of amides is 1. The summed E-state index contributed by atoms with van der Waals surface area (Å²) in [5.74, 6) is 4.41. The molecule has 3 aromatic rings. The number of fused-ring (bicyclic) bond motifs is 3. The number of nitrogens with one attached hydrogen (secondary N) is 1. The van der Waals surface area contributed by atoms with Gasteiger partial charge in [-0.15, -0.1) is 0 Å². The summed E-state index contributed by atoms with van der Waals surface area (Å²) in [6, 6.07) is 18.7. The Balaban J connectivity index is 1.32. The summed E-state index contributed by atoms with van der Waals surface area (Å²) < 4.78 is 6.06. The van der Waals surface area contributed by atoms with E-state index in [2.05, 4.69) is 42.6 Å². The lowest BCUT2D eigenvalue weighted by molar-refractivity contribution is 0.0888. The molecule has 2 aromatic carbocycles. The first-order chi connectivity index (χ1) is 14.7. The van der Waals surface area contributed by atoms with Crippen LogP contribution in [0.2, 0.25) is 0 Å². The summed E-state index contributed by atoms with van der Waals surface area (Å²) in [4.78, 5) is 13.2. The number of thioether (sulfide) groups is 1. The number of carbonyl (C=O) groups is 1. The third-order valence-electron chi connectivity index (χ3n) is 7.06. The molecule has 5 rings (SSSR count). The highest BCUT2D eigenvalue weighted by molar-refractivity contribution is 7.97. The highest BCUT2D eigenvalue weighted by Crippen LogP contribution is 2.49. The summed E-state index contributed by atoms with van der Waals surface area (Å²) in [7, 11) is 0. The molecular formula is C26H29NO2S. The zero-order chi connectivity index (χ0) is 20.5. The molecule has 156 valence electrons. The molecule has 1 aromatic heterocycles. The molecule has 2 fully saturated rings. The number of para-hydroxylation sites is 1. The van der Waals surface area contributed by atoms with Crippen molar-refractivity contribution in [3.8, 4) is 0 Å². The van der Waals surface area contributed by atoms with Crippen LogP contribution < -0.4 is 5.32 Å². The number of hydrogen-bond acceptors (Lipinski definition) is 3. The van der Waals surface area contributed by atoms with Gasteiger partial charge in [-0.2, -0.15) is 11.8 Å². The molecule has 4 atom stereocenters. The van der Waals surface area contributed by atoms with Crippen molar-refractivity contribution in [3.05, 3.63) is 71.5 Å². The minimum Gasteiger partial charge on any atom is -0.451 e. The fourth-order valence-electron chi connectivity index (χ4n) is 5.56. The molecule has 1 N–H and O–H groups in total. The van der Waals surface area contributed by atoms with Crippen molar-refractivity contribution in [2.45, 2.75) is 50.2 Å². The van der Waals surface area contributed by atoms with Crippen molar-refractivity contribution in [1.82, 2.24) is 5.32 Å². The Morgan fingerprint density at radius 1 is 1.07 bits per heavy atom. The predicted octanol–water partition coefficient (Wildman–Crippen LogP) is 6.42. The van der Waals surface area contributed by atoms with Crippen molar-refractivity contribution in [3.63, 3.8) is 0 Å². The van der Waals surface area contributed by atoms with Crippen molar-refractivity contribution < 1.29 is 9.21 Å². The van der Waals surface area contributed by atoms with Crippen molar-refractivity contribution in [2.24, 2.45) is 17.8 Å². The zero-order valence-corrected chi connectivity index (χ0v) is 18.3. The second-order valence-corrected chi connectivity index (χ2v) is 9.97. The van der Waals surface area contributed by atoms with Gasteiger partial charge in [-0.25, -0.2) is 0 Å². The maximum absolute atomic E-state index is 13.2. The van der Waals surface area contributed by atoms with Gasteiger partial charge in [-0.1, -0.05) is 55.0 Å².